The number of ether oxygens (including phenoxy) is 2. The summed E-state index contributed by atoms with van der Waals surface area (Å²) < 4.78 is 10.3. The number of esters is 1. The van der Waals surface area contributed by atoms with Crippen LogP contribution in [-0.4, -0.2) is 24.1 Å². The zero-order valence-electron chi connectivity index (χ0n) is 11.4. The number of hydrogen-bond donors (Lipinski definition) is 1. The SMILES string of the molecule is CC(C)OCc1ccc(C(=O)O[C@@H](C)C(N)=O)cc1. The number of carbonyl (C=O) groups excluding carboxylic acids is 2. The molecule has 5 nitrogen and oxygen atoms in total. The third-order valence-electron chi connectivity index (χ3n) is 2.46. The van der Waals surface area contributed by atoms with Crippen molar-refractivity contribution in [2.45, 2.75) is 39.6 Å². The van der Waals surface area contributed by atoms with Gasteiger partial charge in [0.2, 0.25) is 0 Å². The molecule has 0 saturated carbocycles. The Labute approximate surface area is 112 Å². The van der Waals surface area contributed by atoms with Gasteiger partial charge in [-0.1, -0.05) is 12.1 Å². The number of benzene rings is 1. The van der Waals surface area contributed by atoms with Gasteiger partial charge >= 0.3 is 5.97 Å². The van der Waals surface area contributed by atoms with Gasteiger partial charge in [-0.2, -0.15) is 0 Å². The normalized spacial score (nSPS) is 12.2. The van der Waals surface area contributed by atoms with Crippen molar-refractivity contribution in [3.63, 3.8) is 0 Å². The van der Waals surface area contributed by atoms with Gasteiger partial charge in [-0.05, 0) is 38.5 Å². The van der Waals surface area contributed by atoms with Gasteiger partial charge in [0.05, 0.1) is 18.3 Å². The van der Waals surface area contributed by atoms with Crippen LogP contribution in [0.2, 0.25) is 0 Å². The van der Waals surface area contributed by atoms with E-state index in [9.17, 15) is 9.59 Å². The van der Waals surface area contributed by atoms with Gasteiger partial charge < -0.3 is 15.2 Å². The van der Waals surface area contributed by atoms with Crippen molar-refractivity contribution in [3.05, 3.63) is 35.4 Å². The average molecular weight is 265 g/mol. The molecule has 0 heterocycles. The Balaban J connectivity index is 2.60. The lowest BCUT2D eigenvalue weighted by Crippen LogP contribution is -2.30. The highest BCUT2D eigenvalue weighted by atomic mass is 16.5. The Kier molecular flexibility index (Phi) is 5.51. The summed E-state index contributed by atoms with van der Waals surface area (Å²) in [5, 5.41) is 0. The van der Waals surface area contributed by atoms with Crippen LogP contribution in [0, 0.1) is 0 Å². The topological polar surface area (TPSA) is 78.6 Å². The number of hydrogen-bond acceptors (Lipinski definition) is 4. The van der Waals surface area contributed by atoms with E-state index in [0.29, 0.717) is 12.2 Å². The molecule has 5 heteroatoms. The molecule has 0 fully saturated rings. The van der Waals surface area contributed by atoms with Crippen LogP contribution in [0.1, 0.15) is 36.7 Å². The summed E-state index contributed by atoms with van der Waals surface area (Å²) in [5.74, 6) is -1.24. The lowest BCUT2D eigenvalue weighted by atomic mass is 10.1. The number of primary amides is 1. The first-order chi connectivity index (χ1) is 8.90. The second-order valence-corrected chi connectivity index (χ2v) is 4.51. The molecule has 0 aromatic heterocycles. The predicted molar refractivity (Wildman–Crippen MR) is 70.4 cm³/mol. The number of rotatable bonds is 6. The molecule has 0 aliphatic carbocycles. The van der Waals surface area contributed by atoms with Crippen molar-refractivity contribution < 1.29 is 19.1 Å². The molecule has 0 spiro atoms. The van der Waals surface area contributed by atoms with Crippen molar-refractivity contribution in [2.24, 2.45) is 5.73 Å². The molecule has 1 atom stereocenters. The van der Waals surface area contributed by atoms with Crippen LogP contribution in [0.5, 0.6) is 0 Å². The minimum Gasteiger partial charge on any atom is -0.449 e. The largest absolute Gasteiger partial charge is 0.449 e. The van der Waals surface area contributed by atoms with E-state index < -0.39 is 18.0 Å². The van der Waals surface area contributed by atoms with E-state index in [1.165, 1.54) is 6.92 Å². The molecule has 0 bridgehead atoms. The molecule has 104 valence electrons. The zero-order chi connectivity index (χ0) is 14.4. The van der Waals surface area contributed by atoms with Crippen molar-refractivity contribution in [2.75, 3.05) is 0 Å². The monoisotopic (exact) mass is 265 g/mol. The Morgan fingerprint density at radius 3 is 2.21 bits per heavy atom. The molecule has 0 aliphatic heterocycles. The fourth-order valence-electron chi connectivity index (χ4n) is 1.29. The van der Waals surface area contributed by atoms with E-state index in [-0.39, 0.29) is 6.10 Å². The molecule has 2 N–H and O–H groups in total. The molecule has 1 aromatic rings. The summed E-state index contributed by atoms with van der Waals surface area (Å²) in [4.78, 5) is 22.5. The van der Waals surface area contributed by atoms with Crippen LogP contribution in [0.3, 0.4) is 0 Å². The molecular weight excluding hydrogens is 246 g/mol. The molecule has 1 rings (SSSR count). The molecule has 1 amide bonds. The van der Waals surface area contributed by atoms with Crippen LogP contribution in [-0.2, 0) is 20.9 Å². The summed E-state index contributed by atoms with van der Waals surface area (Å²) in [7, 11) is 0. The van der Waals surface area contributed by atoms with Crippen molar-refractivity contribution >= 4 is 11.9 Å². The molecule has 0 saturated heterocycles. The third-order valence-corrected chi connectivity index (χ3v) is 2.46. The van der Waals surface area contributed by atoms with Gasteiger partial charge in [0.25, 0.3) is 5.91 Å². The van der Waals surface area contributed by atoms with E-state index in [2.05, 4.69) is 0 Å². The number of amides is 1. The number of nitrogens with two attached hydrogens (primary N) is 1. The number of carbonyl (C=O) groups is 2. The second-order valence-electron chi connectivity index (χ2n) is 4.51. The van der Waals surface area contributed by atoms with Crippen molar-refractivity contribution in [1.82, 2.24) is 0 Å². The quantitative estimate of drug-likeness (QED) is 0.793. The maximum absolute atomic E-state index is 11.7. The summed E-state index contributed by atoms with van der Waals surface area (Å²) in [5.41, 5.74) is 6.36. The van der Waals surface area contributed by atoms with Gasteiger partial charge in [-0.25, -0.2) is 4.79 Å². The fraction of sp³-hybridized carbons (Fsp3) is 0.429. The van der Waals surface area contributed by atoms with Crippen LogP contribution < -0.4 is 5.73 Å². The lowest BCUT2D eigenvalue weighted by Gasteiger charge is -2.10. The van der Waals surface area contributed by atoms with Gasteiger partial charge in [0.15, 0.2) is 6.10 Å². The minimum absolute atomic E-state index is 0.154. The van der Waals surface area contributed by atoms with E-state index in [0.717, 1.165) is 5.56 Å². The minimum atomic E-state index is -0.934. The third kappa shape index (κ3) is 5.09. The van der Waals surface area contributed by atoms with E-state index in [1.54, 1.807) is 24.3 Å². The second kappa shape index (κ2) is 6.89. The Hall–Kier alpha value is -1.88. The molecule has 0 radical (unpaired) electrons. The Morgan fingerprint density at radius 1 is 1.16 bits per heavy atom. The van der Waals surface area contributed by atoms with Gasteiger partial charge in [-0.15, -0.1) is 0 Å². The highest BCUT2D eigenvalue weighted by molar-refractivity contribution is 5.91. The Morgan fingerprint density at radius 2 is 1.74 bits per heavy atom. The first-order valence-electron chi connectivity index (χ1n) is 6.11. The first-order valence-corrected chi connectivity index (χ1v) is 6.11. The molecule has 1 aromatic carbocycles. The highest BCUT2D eigenvalue weighted by Crippen LogP contribution is 2.09. The van der Waals surface area contributed by atoms with Crippen molar-refractivity contribution in [3.8, 4) is 0 Å². The van der Waals surface area contributed by atoms with E-state index in [1.807, 2.05) is 13.8 Å². The maximum atomic E-state index is 11.7. The lowest BCUT2D eigenvalue weighted by molar-refractivity contribution is -0.125. The molecular formula is C14H19NO4. The molecule has 0 unspecified atom stereocenters. The fourth-order valence-corrected chi connectivity index (χ4v) is 1.29. The average Bonchev–Trinajstić information content (AvgIpc) is 2.36. The maximum Gasteiger partial charge on any atom is 0.338 e. The smallest absolute Gasteiger partial charge is 0.338 e. The van der Waals surface area contributed by atoms with Crippen LogP contribution in [0.25, 0.3) is 0 Å². The van der Waals surface area contributed by atoms with E-state index in [4.69, 9.17) is 15.2 Å². The standard InChI is InChI=1S/C14H19NO4/c1-9(2)18-8-11-4-6-12(7-5-11)14(17)19-10(3)13(15)16/h4-7,9-10H,8H2,1-3H3,(H2,15,16)/t10-/m0/s1. The Bertz CT molecular complexity index is 439. The predicted octanol–water partition coefficient (Wildman–Crippen LogP) is 1.64. The van der Waals surface area contributed by atoms with Gasteiger partial charge in [-0.3, -0.25) is 4.79 Å². The van der Waals surface area contributed by atoms with Crippen LogP contribution in [0.4, 0.5) is 0 Å². The highest BCUT2D eigenvalue weighted by Gasteiger charge is 2.15. The zero-order valence-corrected chi connectivity index (χ0v) is 11.4. The first kappa shape index (κ1) is 15.2. The van der Waals surface area contributed by atoms with Gasteiger partial charge in [0, 0.05) is 0 Å². The van der Waals surface area contributed by atoms with Gasteiger partial charge in [0.1, 0.15) is 0 Å². The molecule has 0 aliphatic rings. The molecule has 19 heavy (non-hydrogen) atoms. The van der Waals surface area contributed by atoms with Crippen LogP contribution >= 0.6 is 0 Å². The van der Waals surface area contributed by atoms with Crippen molar-refractivity contribution in [1.29, 1.82) is 0 Å². The summed E-state index contributed by atoms with van der Waals surface area (Å²) in [6, 6.07) is 6.84. The summed E-state index contributed by atoms with van der Waals surface area (Å²) >= 11 is 0. The van der Waals surface area contributed by atoms with Crippen LogP contribution in [0.15, 0.2) is 24.3 Å². The summed E-state index contributed by atoms with van der Waals surface area (Å²) in [6.07, 6.45) is -0.780. The summed E-state index contributed by atoms with van der Waals surface area (Å²) in [6.45, 7) is 5.84. The van der Waals surface area contributed by atoms with E-state index >= 15 is 0 Å².